The van der Waals surface area contributed by atoms with Crippen molar-refractivity contribution in [1.29, 1.82) is 0 Å². The first kappa shape index (κ1) is 15.7. The molecule has 5 nitrogen and oxygen atoms in total. The Morgan fingerprint density at radius 3 is 2.77 bits per heavy atom. The summed E-state index contributed by atoms with van der Waals surface area (Å²) in [4.78, 5) is 10.8. The molecule has 0 amide bonds. The number of hydrogen-bond donors (Lipinski definition) is 0. The highest BCUT2D eigenvalue weighted by atomic mass is 35.5. The van der Waals surface area contributed by atoms with Crippen molar-refractivity contribution in [2.45, 2.75) is 44.7 Å². The number of halogens is 2. The summed E-state index contributed by atoms with van der Waals surface area (Å²) in [5.74, 6) is 1.93. The molecule has 0 N–H and O–H groups in total. The van der Waals surface area contributed by atoms with Gasteiger partial charge in [-0.05, 0) is 26.0 Å². The minimum absolute atomic E-state index is 0.443. The number of pyridine rings is 1. The van der Waals surface area contributed by atoms with Crippen molar-refractivity contribution in [3.8, 4) is 0 Å². The lowest BCUT2D eigenvalue weighted by Gasteiger charge is -2.14. The van der Waals surface area contributed by atoms with Crippen LogP contribution in [0.1, 0.15) is 49.0 Å². The van der Waals surface area contributed by atoms with Gasteiger partial charge in [-0.3, -0.25) is 9.88 Å². The van der Waals surface area contributed by atoms with Gasteiger partial charge >= 0.3 is 0 Å². The average Bonchev–Trinajstić information content (AvgIpc) is 3.12. The molecule has 1 aliphatic rings. The standard InChI is InChI=1S/C15H18Cl2N4O/c1-21(8-13-12(17)6-11(16)7-18-13)9-14-19-15(22-20-14)10-4-2-3-5-10/h6-7,10H,2-5,8-9H2,1H3. The zero-order chi connectivity index (χ0) is 15.5. The Hall–Kier alpha value is -1.17. The summed E-state index contributed by atoms with van der Waals surface area (Å²) in [6, 6.07) is 1.70. The van der Waals surface area contributed by atoms with Crippen LogP contribution in [0.2, 0.25) is 10.0 Å². The second kappa shape index (κ2) is 6.94. The van der Waals surface area contributed by atoms with Crippen LogP contribution < -0.4 is 0 Å². The smallest absolute Gasteiger partial charge is 0.229 e. The Bertz CT molecular complexity index is 640. The highest BCUT2D eigenvalue weighted by Gasteiger charge is 2.23. The zero-order valence-electron chi connectivity index (χ0n) is 12.4. The largest absolute Gasteiger partial charge is 0.339 e. The van der Waals surface area contributed by atoms with E-state index in [2.05, 4.69) is 15.1 Å². The number of aromatic nitrogens is 3. The van der Waals surface area contributed by atoms with E-state index in [1.807, 2.05) is 11.9 Å². The summed E-state index contributed by atoms with van der Waals surface area (Å²) >= 11 is 12.0. The van der Waals surface area contributed by atoms with Crippen LogP contribution in [-0.4, -0.2) is 27.1 Å². The molecule has 2 heterocycles. The van der Waals surface area contributed by atoms with E-state index >= 15 is 0 Å². The quantitative estimate of drug-likeness (QED) is 0.821. The third-order valence-corrected chi connectivity index (χ3v) is 4.44. The molecule has 0 aliphatic heterocycles. The van der Waals surface area contributed by atoms with Gasteiger partial charge in [-0.1, -0.05) is 41.2 Å². The SMILES string of the molecule is CN(Cc1noc(C2CCCC2)n1)Cc1ncc(Cl)cc1Cl. The van der Waals surface area contributed by atoms with Crippen LogP contribution in [0.5, 0.6) is 0 Å². The first-order valence-electron chi connectivity index (χ1n) is 7.43. The van der Waals surface area contributed by atoms with Crippen molar-refractivity contribution < 1.29 is 4.52 Å². The van der Waals surface area contributed by atoms with E-state index < -0.39 is 0 Å². The summed E-state index contributed by atoms with van der Waals surface area (Å²) in [5.41, 5.74) is 0.785. The van der Waals surface area contributed by atoms with E-state index in [9.17, 15) is 0 Å². The molecule has 1 saturated carbocycles. The molecule has 0 radical (unpaired) electrons. The second-order valence-electron chi connectivity index (χ2n) is 5.78. The normalized spacial score (nSPS) is 15.8. The lowest BCUT2D eigenvalue weighted by molar-refractivity contribution is 0.295. The van der Waals surface area contributed by atoms with Crippen LogP contribution in [-0.2, 0) is 13.1 Å². The average molecular weight is 341 g/mol. The van der Waals surface area contributed by atoms with E-state index in [0.717, 1.165) is 24.4 Å². The summed E-state index contributed by atoms with van der Waals surface area (Å²) in [6.45, 7) is 1.19. The Morgan fingerprint density at radius 1 is 1.27 bits per heavy atom. The molecule has 0 aromatic carbocycles. The van der Waals surface area contributed by atoms with Gasteiger partial charge in [0.05, 0.1) is 22.3 Å². The molecule has 22 heavy (non-hydrogen) atoms. The number of rotatable bonds is 5. The maximum absolute atomic E-state index is 6.14. The molecule has 0 bridgehead atoms. The van der Waals surface area contributed by atoms with Gasteiger partial charge in [0.15, 0.2) is 5.82 Å². The van der Waals surface area contributed by atoms with E-state index in [4.69, 9.17) is 27.7 Å². The van der Waals surface area contributed by atoms with Crippen LogP contribution in [0.15, 0.2) is 16.8 Å². The van der Waals surface area contributed by atoms with Crippen LogP contribution in [0.25, 0.3) is 0 Å². The molecule has 2 aromatic heterocycles. The highest BCUT2D eigenvalue weighted by molar-refractivity contribution is 6.34. The molecule has 2 aromatic rings. The lowest BCUT2D eigenvalue weighted by Crippen LogP contribution is -2.19. The summed E-state index contributed by atoms with van der Waals surface area (Å²) in [7, 11) is 1.97. The number of hydrogen-bond acceptors (Lipinski definition) is 5. The predicted octanol–water partition coefficient (Wildman–Crippen LogP) is 4.06. The molecular formula is C15H18Cl2N4O. The Balaban J connectivity index is 1.60. The van der Waals surface area contributed by atoms with Crippen molar-refractivity contribution in [2.75, 3.05) is 7.05 Å². The minimum atomic E-state index is 0.443. The van der Waals surface area contributed by atoms with Crippen LogP contribution in [0.4, 0.5) is 0 Å². The first-order valence-corrected chi connectivity index (χ1v) is 8.18. The molecule has 1 fully saturated rings. The van der Waals surface area contributed by atoms with Crippen LogP contribution in [0.3, 0.4) is 0 Å². The first-order chi connectivity index (χ1) is 10.6. The third kappa shape index (κ3) is 3.77. The monoisotopic (exact) mass is 340 g/mol. The van der Waals surface area contributed by atoms with Crippen LogP contribution in [0, 0.1) is 0 Å². The van der Waals surface area contributed by atoms with Crippen molar-refractivity contribution in [2.24, 2.45) is 0 Å². The molecule has 3 rings (SSSR count). The molecule has 118 valence electrons. The van der Waals surface area contributed by atoms with E-state index in [-0.39, 0.29) is 0 Å². The third-order valence-electron chi connectivity index (χ3n) is 3.90. The van der Waals surface area contributed by atoms with Gasteiger partial charge in [0.1, 0.15) is 0 Å². The molecule has 7 heteroatoms. The van der Waals surface area contributed by atoms with Crippen LogP contribution >= 0.6 is 23.2 Å². The maximum Gasteiger partial charge on any atom is 0.229 e. The fourth-order valence-electron chi connectivity index (χ4n) is 2.78. The van der Waals surface area contributed by atoms with Gasteiger partial charge in [-0.15, -0.1) is 0 Å². The minimum Gasteiger partial charge on any atom is -0.339 e. The maximum atomic E-state index is 6.14. The zero-order valence-corrected chi connectivity index (χ0v) is 13.9. The van der Waals surface area contributed by atoms with Gasteiger partial charge in [0.25, 0.3) is 0 Å². The van der Waals surface area contributed by atoms with Gasteiger partial charge in [0.2, 0.25) is 5.89 Å². The summed E-state index contributed by atoms with van der Waals surface area (Å²) in [5, 5.41) is 5.18. The topological polar surface area (TPSA) is 55.1 Å². The van der Waals surface area contributed by atoms with Gasteiger partial charge in [-0.2, -0.15) is 4.98 Å². The molecule has 1 aliphatic carbocycles. The number of nitrogens with zero attached hydrogens (tertiary/aromatic N) is 4. The Kier molecular flexibility index (Phi) is 4.96. The molecule has 0 spiro atoms. The van der Waals surface area contributed by atoms with E-state index in [1.54, 1.807) is 12.3 Å². The fraction of sp³-hybridized carbons (Fsp3) is 0.533. The van der Waals surface area contributed by atoms with E-state index in [1.165, 1.54) is 12.8 Å². The molecular weight excluding hydrogens is 323 g/mol. The van der Waals surface area contributed by atoms with Gasteiger partial charge in [0, 0.05) is 18.7 Å². The van der Waals surface area contributed by atoms with Gasteiger partial charge < -0.3 is 4.52 Å². The predicted molar refractivity (Wildman–Crippen MR) is 84.9 cm³/mol. The molecule has 0 unspecified atom stereocenters. The Morgan fingerprint density at radius 2 is 2.05 bits per heavy atom. The molecule has 0 saturated heterocycles. The van der Waals surface area contributed by atoms with Crippen molar-refractivity contribution >= 4 is 23.2 Å². The van der Waals surface area contributed by atoms with E-state index in [0.29, 0.717) is 34.9 Å². The molecule has 0 atom stereocenters. The van der Waals surface area contributed by atoms with Crippen molar-refractivity contribution in [1.82, 2.24) is 20.0 Å². The van der Waals surface area contributed by atoms with Crippen molar-refractivity contribution in [3.05, 3.63) is 39.7 Å². The Labute approximate surface area is 139 Å². The van der Waals surface area contributed by atoms with Gasteiger partial charge in [-0.25, -0.2) is 0 Å². The lowest BCUT2D eigenvalue weighted by atomic mass is 10.1. The van der Waals surface area contributed by atoms with Crippen molar-refractivity contribution in [3.63, 3.8) is 0 Å². The highest BCUT2D eigenvalue weighted by Crippen LogP contribution is 2.32. The fourth-order valence-corrected chi connectivity index (χ4v) is 3.22. The second-order valence-corrected chi connectivity index (χ2v) is 6.63. The summed E-state index contributed by atoms with van der Waals surface area (Å²) in [6.07, 6.45) is 6.42. The summed E-state index contributed by atoms with van der Waals surface area (Å²) < 4.78 is 5.39.